The summed E-state index contributed by atoms with van der Waals surface area (Å²) >= 11 is 1.61. The van der Waals surface area contributed by atoms with Crippen molar-refractivity contribution in [1.29, 1.82) is 0 Å². The van der Waals surface area contributed by atoms with Crippen molar-refractivity contribution in [2.24, 2.45) is 5.92 Å². The van der Waals surface area contributed by atoms with Gasteiger partial charge in [0, 0.05) is 43.2 Å². The third-order valence-corrected chi connectivity index (χ3v) is 9.28. The maximum Gasteiger partial charge on any atom is 0.392 e. The highest BCUT2D eigenvalue weighted by Crippen LogP contribution is 2.42. The van der Waals surface area contributed by atoms with E-state index >= 15 is 0 Å². The summed E-state index contributed by atoms with van der Waals surface area (Å²) in [6.45, 7) is 3.75. The zero-order valence-electron chi connectivity index (χ0n) is 22.8. The summed E-state index contributed by atoms with van der Waals surface area (Å²) in [5.74, 6) is -0.680. The van der Waals surface area contributed by atoms with Crippen LogP contribution in [0.25, 0.3) is 11.3 Å². The van der Waals surface area contributed by atoms with Gasteiger partial charge in [-0.1, -0.05) is 17.7 Å². The average molecular weight is 584 g/mol. The van der Waals surface area contributed by atoms with E-state index in [-0.39, 0.29) is 24.7 Å². The van der Waals surface area contributed by atoms with E-state index in [0.717, 1.165) is 55.1 Å². The third-order valence-electron chi connectivity index (χ3n) is 8.05. The summed E-state index contributed by atoms with van der Waals surface area (Å²) in [6, 6.07) is 3.73. The van der Waals surface area contributed by atoms with Crippen LogP contribution in [-0.2, 0) is 0 Å². The van der Waals surface area contributed by atoms with Crippen molar-refractivity contribution >= 4 is 35.0 Å². The fraction of sp³-hybridized carbons (Fsp3) is 0.448. The molecule has 1 saturated heterocycles. The maximum atomic E-state index is 13.3. The van der Waals surface area contributed by atoms with Crippen LogP contribution >= 0.6 is 11.9 Å². The molecular weight excluding hydrogens is 551 g/mol. The average Bonchev–Trinajstić information content (AvgIpc) is 3.58. The highest BCUT2D eigenvalue weighted by Gasteiger charge is 2.40. The number of rotatable bonds is 6. The van der Waals surface area contributed by atoms with Crippen LogP contribution in [0.4, 0.5) is 19.0 Å². The lowest BCUT2D eigenvalue weighted by molar-refractivity contribution is -0.176. The molecule has 12 heteroatoms. The molecule has 3 aromatic heterocycles. The van der Waals surface area contributed by atoms with Gasteiger partial charge in [-0.05, 0) is 80.9 Å². The van der Waals surface area contributed by atoms with E-state index in [2.05, 4.69) is 38.8 Å². The van der Waals surface area contributed by atoms with Crippen molar-refractivity contribution in [3.8, 4) is 0 Å². The number of amides is 1. The topological polar surface area (TPSA) is 80.4 Å². The first kappa shape index (κ1) is 27.8. The first-order chi connectivity index (χ1) is 19.7. The Balaban J connectivity index is 1.16. The predicted octanol–water partition coefficient (Wildman–Crippen LogP) is 6.83. The van der Waals surface area contributed by atoms with Crippen molar-refractivity contribution in [2.75, 3.05) is 18.4 Å². The molecule has 2 aliphatic carbocycles. The molecule has 1 unspecified atom stereocenters. The van der Waals surface area contributed by atoms with Crippen LogP contribution < -0.4 is 5.32 Å². The molecule has 1 N–H and O–H groups in total. The summed E-state index contributed by atoms with van der Waals surface area (Å²) in [5.41, 5.74) is 4.12. The number of allylic oxidation sites excluding steroid dienone is 6. The van der Waals surface area contributed by atoms with Gasteiger partial charge in [-0.2, -0.15) is 23.4 Å². The number of fused-ring (bicyclic) bond motifs is 1. The highest BCUT2D eigenvalue weighted by atomic mass is 32.2. The molecule has 1 atom stereocenters. The maximum absolute atomic E-state index is 13.3. The molecule has 8 nitrogen and oxygen atoms in total. The van der Waals surface area contributed by atoms with E-state index in [1.807, 2.05) is 10.7 Å². The minimum atomic E-state index is -4.11. The van der Waals surface area contributed by atoms with Crippen LogP contribution in [0.1, 0.15) is 73.8 Å². The number of halogens is 3. The number of anilines is 1. The Labute approximate surface area is 240 Å². The molecule has 216 valence electrons. The molecule has 0 saturated carbocycles. The van der Waals surface area contributed by atoms with Gasteiger partial charge < -0.3 is 5.32 Å². The molecule has 3 aliphatic rings. The van der Waals surface area contributed by atoms with E-state index < -0.39 is 12.1 Å². The first-order valence-electron chi connectivity index (χ1n) is 14.0. The van der Waals surface area contributed by atoms with E-state index in [1.165, 1.54) is 11.8 Å². The molecule has 0 bridgehead atoms. The molecule has 6 rings (SSSR count). The molecule has 1 aliphatic heterocycles. The summed E-state index contributed by atoms with van der Waals surface area (Å²) in [5, 5.41) is 12.3. The van der Waals surface area contributed by atoms with Crippen LogP contribution in [0.5, 0.6) is 0 Å². The van der Waals surface area contributed by atoms with Gasteiger partial charge in [0.25, 0.3) is 5.91 Å². The minimum absolute atomic E-state index is 0.0735. The minimum Gasteiger partial charge on any atom is -0.306 e. The molecule has 0 radical (unpaired) electrons. The van der Waals surface area contributed by atoms with Crippen molar-refractivity contribution in [2.45, 2.75) is 64.0 Å². The molecule has 1 amide bonds. The highest BCUT2D eigenvalue weighted by molar-refractivity contribution is 8.00. The number of hydrogen-bond donors (Lipinski definition) is 1. The summed E-state index contributed by atoms with van der Waals surface area (Å²) in [6.07, 6.45) is 10.9. The van der Waals surface area contributed by atoms with Crippen molar-refractivity contribution in [1.82, 2.24) is 28.7 Å². The number of piperidine rings is 1. The van der Waals surface area contributed by atoms with Gasteiger partial charge >= 0.3 is 6.18 Å². The second-order valence-electron chi connectivity index (χ2n) is 10.9. The number of nitrogens with zero attached hydrogens (tertiary/aromatic N) is 6. The van der Waals surface area contributed by atoms with Gasteiger partial charge in [-0.15, -0.1) is 0 Å². The molecule has 1 fully saturated rings. The van der Waals surface area contributed by atoms with Gasteiger partial charge in [-0.3, -0.25) is 4.79 Å². The SMILES string of the molecule is CC1=CC=C(n2nc(C3CCN(SC4=CCC(C(F)(F)F)CC4)CC3)cc2NC(=O)c2cnn3cccnc23)CC1. The van der Waals surface area contributed by atoms with Crippen molar-refractivity contribution in [3.05, 3.63) is 70.7 Å². The van der Waals surface area contributed by atoms with E-state index in [1.54, 1.807) is 41.0 Å². The van der Waals surface area contributed by atoms with Crippen molar-refractivity contribution < 1.29 is 18.0 Å². The number of alkyl halides is 3. The standard InChI is InChI=1S/C29H32F3N7OS/c1-19-3-7-22(8-4-19)39-26(35-28(40)24-18-34-38-14-2-13-33-27(24)38)17-25(36-39)20-11-15-37(16-12-20)41-23-9-5-21(6-10-23)29(30,31)32/h2-3,7,9,13-14,17-18,20-21H,4-6,8,10-12,15-16H2,1H3,(H,35,40). The second-order valence-corrected chi connectivity index (χ2v) is 12.1. The lowest BCUT2D eigenvalue weighted by atomic mass is 9.94. The number of carbonyl (C=O) groups excluding carboxylic acids is 1. The molecule has 0 spiro atoms. The van der Waals surface area contributed by atoms with Gasteiger partial charge in [0.15, 0.2) is 5.65 Å². The van der Waals surface area contributed by atoms with Gasteiger partial charge in [0.05, 0.1) is 17.8 Å². The Morgan fingerprint density at radius 3 is 2.66 bits per heavy atom. The normalized spacial score (nSPS) is 21.0. The van der Waals surface area contributed by atoms with Crippen LogP contribution in [-0.4, -0.2) is 53.9 Å². The quantitative estimate of drug-likeness (QED) is 0.321. The van der Waals surface area contributed by atoms with Crippen LogP contribution in [0.2, 0.25) is 0 Å². The Morgan fingerprint density at radius 2 is 1.95 bits per heavy atom. The molecular formula is C29H32F3N7OS. The molecule has 41 heavy (non-hydrogen) atoms. The fourth-order valence-corrected chi connectivity index (χ4v) is 6.69. The fourth-order valence-electron chi connectivity index (χ4n) is 5.58. The Bertz CT molecular complexity index is 1530. The van der Waals surface area contributed by atoms with Gasteiger partial charge in [-0.25, -0.2) is 18.5 Å². The molecule has 3 aromatic rings. The van der Waals surface area contributed by atoms with Crippen LogP contribution in [0, 0.1) is 5.92 Å². The van der Waals surface area contributed by atoms with E-state index in [4.69, 9.17) is 5.10 Å². The van der Waals surface area contributed by atoms with Crippen molar-refractivity contribution in [3.63, 3.8) is 0 Å². The summed E-state index contributed by atoms with van der Waals surface area (Å²) in [4.78, 5) is 18.7. The van der Waals surface area contributed by atoms with E-state index in [9.17, 15) is 18.0 Å². The monoisotopic (exact) mass is 583 g/mol. The number of carbonyl (C=O) groups is 1. The smallest absolute Gasteiger partial charge is 0.306 e. The largest absolute Gasteiger partial charge is 0.392 e. The first-order valence-corrected chi connectivity index (χ1v) is 14.8. The second kappa shape index (κ2) is 11.5. The Hall–Kier alpha value is -3.38. The molecule has 0 aromatic carbocycles. The summed E-state index contributed by atoms with van der Waals surface area (Å²) in [7, 11) is 0. The van der Waals surface area contributed by atoms with Crippen LogP contribution in [0.15, 0.2) is 59.4 Å². The zero-order valence-corrected chi connectivity index (χ0v) is 23.6. The predicted molar refractivity (Wildman–Crippen MR) is 153 cm³/mol. The molecule has 4 heterocycles. The number of hydrogen-bond acceptors (Lipinski definition) is 6. The number of aromatic nitrogens is 5. The van der Waals surface area contributed by atoms with E-state index in [0.29, 0.717) is 23.4 Å². The van der Waals surface area contributed by atoms with Crippen LogP contribution in [0.3, 0.4) is 0 Å². The summed E-state index contributed by atoms with van der Waals surface area (Å²) < 4.78 is 44.7. The Morgan fingerprint density at radius 1 is 1.12 bits per heavy atom. The van der Waals surface area contributed by atoms with Gasteiger partial charge in [0.1, 0.15) is 11.4 Å². The van der Waals surface area contributed by atoms with Gasteiger partial charge in [0.2, 0.25) is 0 Å². The lowest BCUT2D eigenvalue weighted by Crippen LogP contribution is -2.29. The Kier molecular flexibility index (Phi) is 7.78. The zero-order chi connectivity index (χ0) is 28.6. The lowest BCUT2D eigenvalue weighted by Gasteiger charge is -2.32. The number of nitrogens with one attached hydrogen (secondary N) is 1. The third kappa shape index (κ3) is 6.13.